The van der Waals surface area contributed by atoms with E-state index in [-0.39, 0.29) is 0 Å². The van der Waals surface area contributed by atoms with Crippen molar-refractivity contribution in [1.29, 1.82) is 0 Å². The van der Waals surface area contributed by atoms with Crippen molar-refractivity contribution in [3.05, 3.63) is 54.4 Å². The lowest BCUT2D eigenvalue weighted by Crippen LogP contribution is -2.33. The molecule has 1 heterocycles. The fraction of sp³-hybridized carbons (Fsp3) is 0.125. The molecule has 7 nitrogen and oxygen atoms in total. The van der Waals surface area contributed by atoms with E-state index in [1.54, 1.807) is 55.7 Å². The number of aromatic nitrogens is 1. The second-order valence-electron chi connectivity index (χ2n) is 4.53. The Morgan fingerprint density at radius 1 is 1.09 bits per heavy atom. The number of benzene rings is 1. The number of hydrogen-bond donors (Lipinski definition) is 2. The topological polar surface area (TPSA) is 92.7 Å². The van der Waals surface area contributed by atoms with E-state index in [1.165, 1.54) is 7.11 Å². The van der Waals surface area contributed by atoms with Crippen molar-refractivity contribution in [1.82, 2.24) is 10.4 Å². The molecule has 2 aromatic rings. The molecule has 0 aliphatic rings. The Balaban J connectivity index is 1.99. The Hall–Kier alpha value is -3.22. The highest BCUT2D eigenvalue weighted by Gasteiger charge is 2.15. The first-order chi connectivity index (χ1) is 11.1. The van der Waals surface area contributed by atoms with Crippen molar-refractivity contribution in [2.75, 3.05) is 12.4 Å². The van der Waals surface area contributed by atoms with E-state index < -0.39 is 11.8 Å². The molecule has 23 heavy (non-hydrogen) atoms. The lowest BCUT2D eigenvalue weighted by molar-refractivity contribution is -0.136. The number of hydrogen-bond acceptors (Lipinski definition) is 5. The van der Waals surface area contributed by atoms with Crippen LogP contribution in [0.2, 0.25) is 0 Å². The summed E-state index contributed by atoms with van der Waals surface area (Å²) in [4.78, 5) is 27.6. The van der Waals surface area contributed by atoms with Crippen LogP contribution in [-0.4, -0.2) is 29.6 Å². The third-order valence-electron chi connectivity index (χ3n) is 2.98. The van der Waals surface area contributed by atoms with Gasteiger partial charge in [0.1, 0.15) is 5.75 Å². The number of rotatable bonds is 4. The van der Waals surface area contributed by atoms with Crippen molar-refractivity contribution in [3.8, 4) is 5.75 Å². The van der Waals surface area contributed by atoms with Gasteiger partial charge in [-0.15, -0.1) is 0 Å². The van der Waals surface area contributed by atoms with Gasteiger partial charge in [-0.05, 0) is 31.2 Å². The van der Waals surface area contributed by atoms with Crippen LogP contribution in [0.3, 0.4) is 0 Å². The first kappa shape index (κ1) is 16.2. The molecular weight excluding hydrogens is 296 g/mol. The maximum atomic E-state index is 11.9. The summed E-state index contributed by atoms with van der Waals surface area (Å²) in [7, 11) is 1.48. The lowest BCUT2D eigenvalue weighted by Gasteiger charge is -2.09. The van der Waals surface area contributed by atoms with Gasteiger partial charge in [0.05, 0.1) is 18.5 Å². The number of nitrogens with one attached hydrogen (secondary N) is 2. The number of methoxy groups -OCH3 is 1. The van der Waals surface area contributed by atoms with Gasteiger partial charge in [-0.2, -0.15) is 5.10 Å². The highest BCUT2D eigenvalue weighted by molar-refractivity contribution is 6.39. The molecule has 0 unspecified atom stereocenters. The zero-order chi connectivity index (χ0) is 16.7. The molecule has 1 aromatic heterocycles. The van der Waals surface area contributed by atoms with Crippen LogP contribution in [0.25, 0.3) is 0 Å². The number of anilines is 1. The fourth-order valence-corrected chi connectivity index (χ4v) is 1.77. The molecule has 1 aromatic carbocycles. The van der Waals surface area contributed by atoms with E-state index in [9.17, 15) is 9.59 Å². The predicted molar refractivity (Wildman–Crippen MR) is 86.2 cm³/mol. The summed E-state index contributed by atoms with van der Waals surface area (Å²) < 4.78 is 5.10. The molecular formula is C16H16N4O3. The Labute approximate surface area is 133 Å². The standard InChI is InChI=1S/C16H16N4O3/c1-11(12-7-9-17-10-8-12)19-20-16(22)15(21)18-13-5-3-4-6-14(13)23-2/h3-10H,1-2H3,(H,18,21)(H,20,22)/b19-11-. The number of amides is 2. The molecule has 7 heteroatoms. The van der Waals surface area contributed by atoms with Gasteiger partial charge in [0.15, 0.2) is 0 Å². The van der Waals surface area contributed by atoms with E-state index in [0.29, 0.717) is 17.1 Å². The average molecular weight is 312 g/mol. The molecule has 0 atom stereocenters. The number of ether oxygens (including phenoxy) is 1. The van der Waals surface area contributed by atoms with Crippen molar-refractivity contribution in [2.24, 2.45) is 5.10 Å². The molecule has 0 fully saturated rings. The minimum atomic E-state index is -0.871. The first-order valence-corrected chi connectivity index (χ1v) is 6.81. The molecule has 2 amide bonds. The van der Waals surface area contributed by atoms with Crippen LogP contribution < -0.4 is 15.5 Å². The largest absolute Gasteiger partial charge is 0.495 e. The van der Waals surface area contributed by atoms with E-state index >= 15 is 0 Å². The van der Waals surface area contributed by atoms with Gasteiger partial charge in [-0.25, -0.2) is 5.43 Å². The van der Waals surface area contributed by atoms with Crippen LogP contribution in [0, 0.1) is 0 Å². The molecule has 0 bridgehead atoms. The van der Waals surface area contributed by atoms with Crippen LogP contribution in [0.1, 0.15) is 12.5 Å². The Morgan fingerprint density at radius 2 is 1.78 bits per heavy atom. The number of hydrazone groups is 1. The summed E-state index contributed by atoms with van der Waals surface area (Å²) in [6.45, 7) is 1.72. The van der Waals surface area contributed by atoms with Crippen LogP contribution in [0.4, 0.5) is 5.69 Å². The molecule has 2 N–H and O–H groups in total. The van der Waals surface area contributed by atoms with Crippen molar-refractivity contribution in [3.63, 3.8) is 0 Å². The number of pyridine rings is 1. The maximum absolute atomic E-state index is 11.9. The van der Waals surface area contributed by atoms with E-state index in [0.717, 1.165) is 5.56 Å². The van der Waals surface area contributed by atoms with Gasteiger partial charge in [-0.1, -0.05) is 12.1 Å². The molecule has 0 saturated carbocycles. The summed E-state index contributed by atoms with van der Waals surface area (Å²) in [5.74, 6) is -1.24. The Kier molecular flexibility index (Phi) is 5.40. The highest BCUT2D eigenvalue weighted by Crippen LogP contribution is 2.22. The third-order valence-corrected chi connectivity index (χ3v) is 2.98. The number of carbonyl (C=O) groups is 2. The predicted octanol–water partition coefficient (Wildman–Crippen LogP) is 1.57. The molecule has 2 rings (SSSR count). The third kappa shape index (κ3) is 4.37. The van der Waals surface area contributed by atoms with Crippen molar-refractivity contribution in [2.45, 2.75) is 6.92 Å². The summed E-state index contributed by atoms with van der Waals surface area (Å²) in [6, 6.07) is 10.3. The molecule has 0 radical (unpaired) electrons. The number of nitrogens with zero attached hydrogens (tertiary/aromatic N) is 2. The Bertz CT molecular complexity index is 729. The van der Waals surface area contributed by atoms with Crippen LogP contribution in [0.5, 0.6) is 5.75 Å². The highest BCUT2D eigenvalue weighted by atomic mass is 16.5. The van der Waals surface area contributed by atoms with Crippen LogP contribution >= 0.6 is 0 Å². The average Bonchev–Trinajstić information content (AvgIpc) is 2.60. The normalized spacial score (nSPS) is 10.8. The Morgan fingerprint density at radius 3 is 2.48 bits per heavy atom. The fourth-order valence-electron chi connectivity index (χ4n) is 1.77. The smallest absolute Gasteiger partial charge is 0.329 e. The van der Waals surface area contributed by atoms with Crippen LogP contribution in [0.15, 0.2) is 53.9 Å². The second kappa shape index (κ2) is 7.69. The quantitative estimate of drug-likeness (QED) is 0.509. The monoisotopic (exact) mass is 312 g/mol. The first-order valence-electron chi connectivity index (χ1n) is 6.81. The minimum absolute atomic E-state index is 0.407. The molecule has 0 spiro atoms. The zero-order valence-corrected chi connectivity index (χ0v) is 12.7. The number of carbonyl (C=O) groups excluding carboxylic acids is 2. The van der Waals surface area contributed by atoms with Crippen LogP contribution in [-0.2, 0) is 9.59 Å². The SMILES string of the molecule is COc1ccccc1NC(=O)C(=O)N/N=C(/C)c1ccncc1. The lowest BCUT2D eigenvalue weighted by atomic mass is 10.2. The van der Waals surface area contributed by atoms with Gasteiger partial charge in [-0.3, -0.25) is 14.6 Å². The van der Waals surface area contributed by atoms with E-state index in [1.807, 2.05) is 0 Å². The maximum Gasteiger partial charge on any atom is 0.329 e. The van der Waals surface area contributed by atoms with E-state index in [4.69, 9.17) is 4.74 Å². The molecule has 0 aliphatic carbocycles. The zero-order valence-electron chi connectivity index (χ0n) is 12.7. The summed E-state index contributed by atoms with van der Waals surface area (Å²) in [6.07, 6.45) is 3.23. The van der Waals surface area contributed by atoms with Gasteiger partial charge in [0.2, 0.25) is 0 Å². The summed E-state index contributed by atoms with van der Waals surface area (Å²) in [5, 5.41) is 6.37. The molecule has 0 saturated heterocycles. The van der Waals surface area contributed by atoms with Gasteiger partial charge >= 0.3 is 11.8 Å². The molecule has 118 valence electrons. The minimum Gasteiger partial charge on any atom is -0.495 e. The number of para-hydroxylation sites is 2. The summed E-state index contributed by atoms with van der Waals surface area (Å²) in [5.41, 5.74) is 3.98. The second-order valence-corrected chi connectivity index (χ2v) is 4.53. The van der Waals surface area contributed by atoms with E-state index in [2.05, 4.69) is 20.8 Å². The van der Waals surface area contributed by atoms with Gasteiger partial charge in [0, 0.05) is 18.0 Å². The summed E-state index contributed by atoms with van der Waals surface area (Å²) >= 11 is 0. The molecule has 0 aliphatic heterocycles. The van der Waals surface area contributed by atoms with Gasteiger partial charge in [0.25, 0.3) is 0 Å². The van der Waals surface area contributed by atoms with Crippen molar-refractivity contribution < 1.29 is 14.3 Å². The van der Waals surface area contributed by atoms with Gasteiger partial charge < -0.3 is 10.1 Å². The van der Waals surface area contributed by atoms with Crippen molar-refractivity contribution >= 4 is 23.2 Å².